The number of likely N-dealkylation sites (tertiary alicyclic amines) is 1. The molecule has 2 aromatic carbocycles. The molecule has 1 saturated heterocycles. The highest BCUT2D eigenvalue weighted by molar-refractivity contribution is 7.92. The van der Waals surface area contributed by atoms with Crippen LogP contribution in [-0.2, 0) is 14.8 Å². The molecule has 0 aliphatic carbocycles. The zero-order valence-electron chi connectivity index (χ0n) is 16.6. The third kappa shape index (κ3) is 4.76. The maximum atomic E-state index is 12.8. The highest BCUT2D eigenvalue weighted by Gasteiger charge is 2.22. The number of nitrogens with one attached hydrogen (secondary N) is 1. The molecule has 1 aliphatic rings. The number of carbonyl (C=O) groups excluding carboxylic acids is 2. The summed E-state index contributed by atoms with van der Waals surface area (Å²) < 4.78 is 26.7. The predicted molar refractivity (Wildman–Crippen MR) is 111 cm³/mol. The number of benzene rings is 2. The summed E-state index contributed by atoms with van der Waals surface area (Å²) in [5.74, 6) is -0.131. The van der Waals surface area contributed by atoms with Gasteiger partial charge < -0.3 is 10.2 Å². The predicted octanol–water partition coefficient (Wildman–Crippen LogP) is 2.17. The van der Waals surface area contributed by atoms with Crippen molar-refractivity contribution in [3.63, 3.8) is 0 Å². The fourth-order valence-corrected chi connectivity index (χ4v) is 4.37. The normalized spacial score (nSPS) is 14.1. The van der Waals surface area contributed by atoms with Gasteiger partial charge in [-0.15, -0.1) is 0 Å². The van der Waals surface area contributed by atoms with E-state index in [0.29, 0.717) is 30.8 Å². The highest BCUT2D eigenvalue weighted by Crippen LogP contribution is 2.22. The largest absolute Gasteiger partial charge is 0.350 e. The number of hydrogen-bond donors (Lipinski definition) is 1. The van der Waals surface area contributed by atoms with Crippen molar-refractivity contribution >= 4 is 27.5 Å². The van der Waals surface area contributed by atoms with Gasteiger partial charge in [0.1, 0.15) is 0 Å². The van der Waals surface area contributed by atoms with Crippen molar-refractivity contribution < 1.29 is 18.0 Å². The van der Waals surface area contributed by atoms with E-state index < -0.39 is 10.0 Å². The van der Waals surface area contributed by atoms with Crippen molar-refractivity contribution in [3.05, 3.63) is 59.7 Å². The van der Waals surface area contributed by atoms with Gasteiger partial charge in [-0.2, -0.15) is 0 Å². The number of amides is 2. The second kappa shape index (κ2) is 8.65. The molecule has 0 bridgehead atoms. The van der Waals surface area contributed by atoms with Gasteiger partial charge >= 0.3 is 0 Å². The molecule has 0 spiro atoms. The Hall–Kier alpha value is -2.87. The van der Waals surface area contributed by atoms with E-state index in [-0.39, 0.29) is 16.7 Å². The van der Waals surface area contributed by atoms with Gasteiger partial charge in [0.25, 0.3) is 15.9 Å². The lowest BCUT2D eigenvalue weighted by Crippen LogP contribution is -2.35. The van der Waals surface area contributed by atoms with Crippen molar-refractivity contribution in [2.24, 2.45) is 0 Å². The Morgan fingerprint density at radius 2 is 1.76 bits per heavy atom. The number of carbonyl (C=O) groups is 2. The molecule has 0 atom stereocenters. The van der Waals surface area contributed by atoms with E-state index in [9.17, 15) is 18.0 Å². The zero-order chi connectivity index (χ0) is 21.0. The summed E-state index contributed by atoms with van der Waals surface area (Å²) in [6.07, 6.45) is 1.45. The number of aryl methyl sites for hydroxylation is 1. The molecular weight excluding hydrogens is 390 g/mol. The molecule has 1 N–H and O–H groups in total. The maximum absolute atomic E-state index is 12.8. The fraction of sp³-hybridized carbons (Fsp3) is 0.333. The van der Waals surface area contributed by atoms with Crippen molar-refractivity contribution in [1.29, 1.82) is 0 Å². The Kier molecular flexibility index (Phi) is 6.22. The smallest absolute Gasteiger partial charge is 0.264 e. The van der Waals surface area contributed by atoms with Crippen LogP contribution in [-0.4, -0.2) is 51.8 Å². The fourth-order valence-electron chi connectivity index (χ4n) is 3.18. The van der Waals surface area contributed by atoms with Crippen LogP contribution in [0, 0.1) is 6.92 Å². The molecule has 8 heteroatoms. The van der Waals surface area contributed by atoms with Crippen molar-refractivity contribution in [2.75, 3.05) is 31.0 Å². The van der Waals surface area contributed by atoms with Gasteiger partial charge in [-0.1, -0.05) is 17.7 Å². The summed E-state index contributed by atoms with van der Waals surface area (Å²) in [6.45, 7) is 3.52. The Morgan fingerprint density at radius 3 is 2.34 bits per heavy atom. The second-order valence-electron chi connectivity index (χ2n) is 7.07. The van der Waals surface area contributed by atoms with Crippen LogP contribution in [0.5, 0.6) is 0 Å². The summed E-state index contributed by atoms with van der Waals surface area (Å²) in [6, 6.07) is 13.0. The van der Waals surface area contributed by atoms with E-state index in [0.717, 1.165) is 18.5 Å². The van der Waals surface area contributed by atoms with E-state index in [2.05, 4.69) is 5.32 Å². The average Bonchev–Trinajstić information content (AvgIpc) is 3.12. The summed E-state index contributed by atoms with van der Waals surface area (Å²) in [7, 11) is -2.19. The number of nitrogens with zero attached hydrogens (tertiary/aromatic N) is 2. The summed E-state index contributed by atoms with van der Waals surface area (Å²) in [5, 5.41) is 2.79. The molecule has 7 nitrogen and oxygen atoms in total. The lowest BCUT2D eigenvalue weighted by atomic mass is 10.2. The SMILES string of the molecule is Cc1ccc(S(=O)(=O)N(C)c2ccc(C(=O)NCCN3CCCC3=O)cc2)cc1. The van der Waals surface area contributed by atoms with E-state index in [1.807, 2.05) is 6.92 Å². The number of hydrogen-bond acceptors (Lipinski definition) is 4. The van der Waals surface area contributed by atoms with E-state index in [1.165, 1.54) is 11.4 Å². The summed E-state index contributed by atoms with van der Waals surface area (Å²) >= 11 is 0. The van der Waals surface area contributed by atoms with Gasteiger partial charge in [-0.25, -0.2) is 8.42 Å². The van der Waals surface area contributed by atoms with Crippen molar-refractivity contribution in [3.8, 4) is 0 Å². The topological polar surface area (TPSA) is 86.8 Å². The van der Waals surface area contributed by atoms with Crippen LogP contribution in [0.1, 0.15) is 28.8 Å². The van der Waals surface area contributed by atoms with Crippen LogP contribution >= 0.6 is 0 Å². The minimum Gasteiger partial charge on any atom is -0.350 e. The van der Waals surface area contributed by atoms with Crippen LogP contribution in [0.25, 0.3) is 0 Å². The molecule has 29 heavy (non-hydrogen) atoms. The molecule has 3 rings (SSSR count). The zero-order valence-corrected chi connectivity index (χ0v) is 17.4. The van der Waals surface area contributed by atoms with Crippen molar-refractivity contribution in [1.82, 2.24) is 10.2 Å². The van der Waals surface area contributed by atoms with Gasteiger partial charge in [0.05, 0.1) is 10.6 Å². The quantitative estimate of drug-likeness (QED) is 0.751. The van der Waals surface area contributed by atoms with Crippen LogP contribution in [0.2, 0.25) is 0 Å². The molecule has 2 aromatic rings. The number of sulfonamides is 1. The summed E-state index contributed by atoms with van der Waals surface area (Å²) in [4.78, 5) is 25.8. The average molecular weight is 416 g/mol. The van der Waals surface area contributed by atoms with E-state index in [4.69, 9.17) is 0 Å². The van der Waals surface area contributed by atoms with E-state index >= 15 is 0 Å². The van der Waals surface area contributed by atoms with E-state index in [1.54, 1.807) is 53.4 Å². The van der Waals surface area contributed by atoms with Gasteiger partial charge in [-0.05, 0) is 49.7 Å². The third-order valence-corrected chi connectivity index (χ3v) is 6.81. The Labute approximate surface area is 171 Å². The molecular formula is C21H25N3O4S. The van der Waals surface area contributed by atoms with Crippen LogP contribution in [0.3, 0.4) is 0 Å². The molecule has 0 aromatic heterocycles. The summed E-state index contributed by atoms with van der Waals surface area (Å²) in [5.41, 5.74) is 1.88. The standard InChI is InChI=1S/C21H25N3O4S/c1-16-5-11-19(12-6-16)29(27,28)23(2)18-9-7-17(8-10-18)21(26)22-13-15-24-14-3-4-20(24)25/h5-12H,3-4,13-15H2,1-2H3,(H,22,26). The van der Waals surface area contributed by atoms with Crippen molar-refractivity contribution in [2.45, 2.75) is 24.7 Å². The Morgan fingerprint density at radius 1 is 1.10 bits per heavy atom. The van der Waals surface area contributed by atoms with Gasteiger partial charge in [-0.3, -0.25) is 13.9 Å². The highest BCUT2D eigenvalue weighted by atomic mass is 32.2. The van der Waals surface area contributed by atoms with Gasteiger partial charge in [0.2, 0.25) is 5.91 Å². The minimum atomic E-state index is -3.68. The molecule has 1 fully saturated rings. The molecule has 0 unspecified atom stereocenters. The Bertz CT molecular complexity index is 986. The number of anilines is 1. The molecule has 0 radical (unpaired) electrons. The lowest BCUT2D eigenvalue weighted by molar-refractivity contribution is -0.127. The van der Waals surface area contributed by atoms with Crippen LogP contribution in [0.4, 0.5) is 5.69 Å². The van der Waals surface area contributed by atoms with Crippen LogP contribution in [0.15, 0.2) is 53.4 Å². The van der Waals surface area contributed by atoms with Gasteiger partial charge in [0.15, 0.2) is 0 Å². The minimum absolute atomic E-state index is 0.126. The molecule has 1 aliphatic heterocycles. The first-order valence-corrected chi connectivity index (χ1v) is 10.9. The maximum Gasteiger partial charge on any atom is 0.264 e. The van der Waals surface area contributed by atoms with Gasteiger partial charge in [0, 0.05) is 38.7 Å². The second-order valence-corrected chi connectivity index (χ2v) is 9.04. The molecule has 154 valence electrons. The molecule has 1 heterocycles. The first-order valence-electron chi connectivity index (χ1n) is 9.51. The Balaban J connectivity index is 1.62. The monoisotopic (exact) mass is 415 g/mol. The lowest BCUT2D eigenvalue weighted by Gasteiger charge is -2.20. The first kappa shape index (κ1) is 20.9. The number of rotatable bonds is 7. The molecule has 0 saturated carbocycles. The molecule has 2 amide bonds. The first-order chi connectivity index (χ1) is 13.8. The van der Waals surface area contributed by atoms with Crippen LogP contribution < -0.4 is 9.62 Å². The third-order valence-electron chi connectivity index (χ3n) is 5.01.